The number of aryl methyl sites for hydroxylation is 1. The maximum atomic E-state index is 12.5. The van der Waals surface area contributed by atoms with Gasteiger partial charge in [0.25, 0.3) is 0 Å². The smallest absolute Gasteiger partial charge is 0.244 e. The molecule has 0 saturated carbocycles. The van der Waals surface area contributed by atoms with E-state index in [9.17, 15) is 8.42 Å². The van der Waals surface area contributed by atoms with Crippen LogP contribution in [0.2, 0.25) is 0 Å². The standard InChI is InChI=1S/C17H21NO3S/c1-4-14-9-11-15(12-10-14)13(2)18-22(19,20)17-8-6-5-7-16(17)21-3/h5-13,18H,4H2,1-3H3. The molecule has 0 fully saturated rings. The summed E-state index contributed by atoms with van der Waals surface area (Å²) in [6.07, 6.45) is 0.960. The summed E-state index contributed by atoms with van der Waals surface area (Å²) in [7, 11) is -2.18. The third-order valence-corrected chi connectivity index (χ3v) is 5.16. The molecule has 118 valence electrons. The third-order valence-electron chi connectivity index (χ3n) is 3.58. The predicted octanol–water partition coefficient (Wildman–Crippen LogP) is 3.30. The Bertz CT molecular complexity index is 724. The van der Waals surface area contributed by atoms with Crippen molar-refractivity contribution in [2.75, 3.05) is 7.11 Å². The predicted molar refractivity (Wildman–Crippen MR) is 87.6 cm³/mol. The Labute approximate surface area is 132 Å². The van der Waals surface area contributed by atoms with Crippen LogP contribution in [-0.4, -0.2) is 15.5 Å². The first-order chi connectivity index (χ1) is 10.5. The monoisotopic (exact) mass is 319 g/mol. The van der Waals surface area contributed by atoms with Crippen molar-refractivity contribution in [3.8, 4) is 5.75 Å². The summed E-state index contributed by atoms with van der Waals surface area (Å²) < 4.78 is 32.9. The van der Waals surface area contributed by atoms with Gasteiger partial charge in [-0.3, -0.25) is 0 Å². The van der Waals surface area contributed by atoms with E-state index in [0.29, 0.717) is 5.75 Å². The maximum absolute atomic E-state index is 12.5. The highest BCUT2D eigenvalue weighted by Crippen LogP contribution is 2.25. The number of nitrogens with one attached hydrogen (secondary N) is 1. The quantitative estimate of drug-likeness (QED) is 0.889. The summed E-state index contributed by atoms with van der Waals surface area (Å²) in [4.78, 5) is 0.148. The average Bonchev–Trinajstić information content (AvgIpc) is 2.54. The number of benzene rings is 2. The van der Waals surface area contributed by atoms with Crippen LogP contribution in [0.5, 0.6) is 5.75 Å². The van der Waals surface area contributed by atoms with Crippen molar-refractivity contribution in [3.05, 3.63) is 59.7 Å². The van der Waals surface area contributed by atoms with Crippen LogP contribution in [0.15, 0.2) is 53.4 Å². The molecule has 2 aromatic carbocycles. The minimum Gasteiger partial charge on any atom is -0.495 e. The van der Waals surface area contributed by atoms with Crippen LogP contribution in [0.1, 0.15) is 31.0 Å². The molecule has 1 N–H and O–H groups in total. The molecule has 22 heavy (non-hydrogen) atoms. The molecule has 0 heterocycles. The number of para-hydroxylation sites is 1. The highest BCUT2D eigenvalue weighted by atomic mass is 32.2. The summed E-state index contributed by atoms with van der Waals surface area (Å²) in [5.41, 5.74) is 2.15. The summed E-state index contributed by atoms with van der Waals surface area (Å²) in [6.45, 7) is 3.91. The number of hydrogen-bond donors (Lipinski definition) is 1. The molecular formula is C17H21NO3S. The van der Waals surface area contributed by atoms with E-state index >= 15 is 0 Å². The first-order valence-electron chi connectivity index (χ1n) is 7.22. The van der Waals surface area contributed by atoms with Crippen LogP contribution in [0.3, 0.4) is 0 Å². The van der Waals surface area contributed by atoms with E-state index in [1.54, 1.807) is 18.2 Å². The number of hydrogen-bond acceptors (Lipinski definition) is 3. The second kappa shape index (κ2) is 6.94. The van der Waals surface area contributed by atoms with Crippen LogP contribution >= 0.6 is 0 Å². The van der Waals surface area contributed by atoms with Crippen molar-refractivity contribution in [1.82, 2.24) is 4.72 Å². The second-order valence-electron chi connectivity index (χ2n) is 5.09. The normalized spacial score (nSPS) is 12.9. The molecule has 0 amide bonds. The minimum absolute atomic E-state index is 0.148. The maximum Gasteiger partial charge on any atom is 0.244 e. The molecular weight excluding hydrogens is 298 g/mol. The Balaban J connectivity index is 2.23. The number of sulfonamides is 1. The molecule has 5 heteroatoms. The lowest BCUT2D eigenvalue weighted by Gasteiger charge is -2.16. The molecule has 0 aliphatic rings. The molecule has 0 aromatic heterocycles. The average molecular weight is 319 g/mol. The SMILES string of the molecule is CCc1ccc(C(C)NS(=O)(=O)c2ccccc2OC)cc1. The molecule has 0 bridgehead atoms. The van der Waals surface area contributed by atoms with Gasteiger partial charge in [-0.15, -0.1) is 0 Å². The molecule has 0 aliphatic carbocycles. The van der Waals surface area contributed by atoms with E-state index in [0.717, 1.165) is 12.0 Å². The number of ether oxygens (including phenoxy) is 1. The van der Waals surface area contributed by atoms with Gasteiger partial charge in [0, 0.05) is 6.04 Å². The van der Waals surface area contributed by atoms with Crippen molar-refractivity contribution in [3.63, 3.8) is 0 Å². The van der Waals surface area contributed by atoms with Crippen molar-refractivity contribution in [1.29, 1.82) is 0 Å². The van der Waals surface area contributed by atoms with Gasteiger partial charge in [-0.2, -0.15) is 0 Å². The summed E-state index contributed by atoms with van der Waals surface area (Å²) >= 11 is 0. The molecule has 0 aliphatic heterocycles. The minimum atomic E-state index is -3.64. The van der Waals surface area contributed by atoms with Gasteiger partial charge < -0.3 is 4.74 Å². The zero-order chi connectivity index (χ0) is 16.2. The Kier molecular flexibility index (Phi) is 5.21. The van der Waals surface area contributed by atoms with Crippen LogP contribution < -0.4 is 9.46 Å². The van der Waals surface area contributed by atoms with Gasteiger partial charge in [0.05, 0.1) is 7.11 Å². The second-order valence-corrected chi connectivity index (χ2v) is 6.77. The molecule has 0 radical (unpaired) electrons. The fourth-order valence-corrected chi connectivity index (χ4v) is 3.65. The van der Waals surface area contributed by atoms with Crippen LogP contribution in [0.4, 0.5) is 0 Å². The summed E-state index contributed by atoms with van der Waals surface area (Å²) in [5.74, 6) is 0.337. The van der Waals surface area contributed by atoms with Crippen molar-refractivity contribution in [2.24, 2.45) is 0 Å². The van der Waals surface area contributed by atoms with Gasteiger partial charge in [0.2, 0.25) is 10.0 Å². The Morgan fingerprint density at radius 2 is 1.73 bits per heavy atom. The third kappa shape index (κ3) is 3.67. The van der Waals surface area contributed by atoms with Gasteiger partial charge in [0.1, 0.15) is 10.6 Å². The summed E-state index contributed by atoms with van der Waals surface area (Å²) in [6, 6.07) is 14.2. The van der Waals surface area contributed by atoms with Gasteiger partial charge >= 0.3 is 0 Å². The van der Waals surface area contributed by atoms with Crippen molar-refractivity contribution >= 4 is 10.0 Å². The highest BCUT2D eigenvalue weighted by Gasteiger charge is 2.21. The number of rotatable bonds is 6. The molecule has 0 spiro atoms. The first-order valence-corrected chi connectivity index (χ1v) is 8.70. The molecule has 2 aromatic rings. The van der Waals surface area contributed by atoms with Gasteiger partial charge in [0.15, 0.2) is 0 Å². The van der Waals surface area contributed by atoms with E-state index in [4.69, 9.17) is 4.74 Å². The highest BCUT2D eigenvalue weighted by molar-refractivity contribution is 7.89. The van der Waals surface area contributed by atoms with Crippen LogP contribution in [0.25, 0.3) is 0 Å². The van der Waals surface area contributed by atoms with Crippen LogP contribution in [-0.2, 0) is 16.4 Å². The molecule has 1 unspecified atom stereocenters. The van der Waals surface area contributed by atoms with Gasteiger partial charge in [-0.25, -0.2) is 13.1 Å². The van der Waals surface area contributed by atoms with E-state index in [2.05, 4.69) is 11.6 Å². The zero-order valence-corrected chi connectivity index (χ0v) is 13.9. The summed E-state index contributed by atoms with van der Waals surface area (Å²) in [5, 5.41) is 0. The van der Waals surface area contributed by atoms with E-state index in [1.165, 1.54) is 18.7 Å². The fraction of sp³-hybridized carbons (Fsp3) is 0.294. The van der Waals surface area contributed by atoms with E-state index in [1.807, 2.05) is 31.2 Å². The molecule has 0 saturated heterocycles. The lowest BCUT2D eigenvalue weighted by Crippen LogP contribution is -2.27. The first kappa shape index (κ1) is 16.5. The van der Waals surface area contributed by atoms with E-state index < -0.39 is 10.0 Å². The lowest BCUT2D eigenvalue weighted by atomic mass is 10.1. The van der Waals surface area contributed by atoms with Gasteiger partial charge in [-0.1, -0.05) is 43.3 Å². The Morgan fingerprint density at radius 3 is 2.32 bits per heavy atom. The molecule has 1 atom stereocenters. The fourth-order valence-electron chi connectivity index (χ4n) is 2.25. The lowest BCUT2D eigenvalue weighted by molar-refractivity contribution is 0.402. The van der Waals surface area contributed by atoms with Crippen molar-refractivity contribution in [2.45, 2.75) is 31.2 Å². The molecule has 2 rings (SSSR count). The van der Waals surface area contributed by atoms with Gasteiger partial charge in [-0.05, 0) is 36.6 Å². The zero-order valence-electron chi connectivity index (χ0n) is 13.0. The molecule has 4 nitrogen and oxygen atoms in total. The van der Waals surface area contributed by atoms with Crippen molar-refractivity contribution < 1.29 is 13.2 Å². The van der Waals surface area contributed by atoms with Crippen LogP contribution in [0, 0.1) is 0 Å². The number of methoxy groups -OCH3 is 1. The topological polar surface area (TPSA) is 55.4 Å². The van der Waals surface area contributed by atoms with E-state index in [-0.39, 0.29) is 10.9 Å². The Morgan fingerprint density at radius 1 is 1.09 bits per heavy atom. The largest absolute Gasteiger partial charge is 0.495 e. The Hall–Kier alpha value is -1.85.